The average molecular weight is 485 g/mol. The van der Waals surface area contributed by atoms with Crippen LogP contribution in [0.3, 0.4) is 0 Å². The number of nitrogens with zero attached hydrogens (tertiary/aromatic N) is 9. The molecular formula is C20H15ClF2N10O. The number of alkyl halides is 2. The van der Waals surface area contributed by atoms with Crippen LogP contribution in [0.5, 0.6) is 0 Å². The molecule has 1 saturated heterocycles. The van der Waals surface area contributed by atoms with Crippen molar-refractivity contribution in [3.63, 3.8) is 0 Å². The van der Waals surface area contributed by atoms with E-state index >= 15 is 0 Å². The van der Waals surface area contributed by atoms with Crippen LogP contribution >= 0.6 is 11.6 Å². The number of aromatic amines is 1. The molecule has 0 unspecified atom stereocenters. The van der Waals surface area contributed by atoms with E-state index in [2.05, 4.69) is 35.0 Å². The fraction of sp³-hybridized carbons (Fsp3) is 0.250. The first-order valence-electron chi connectivity index (χ1n) is 10.2. The molecule has 5 aromatic rings. The first kappa shape index (κ1) is 20.6. The number of fused-ring (bicyclic) bond motifs is 2. The summed E-state index contributed by atoms with van der Waals surface area (Å²) in [4.78, 5) is 38.6. The highest BCUT2D eigenvalue weighted by atomic mass is 35.5. The Morgan fingerprint density at radius 1 is 1.18 bits per heavy atom. The maximum Gasteiger partial charge on any atom is 0.279 e. The summed E-state index contributed by atoms with van der Waals surface area (Å²) in [5, 5.41) is 4.74. The van der Waals surface area contributed by atoms with Gasteiger partial charge in [-0.25, -0.2) is 38.2 Å². The number of aromatic nitrogens is 9. The lowest BCUT2D eigenvalue weighted by atomic mass is 10.1. The largest absolute Gasteiger partial charge is 0.340 e. The van der Waals surface area contributed by atoms with E-state index in [0.717, 1.165) is 0 Å². The van der Waals surface area contributed by atoms with Gasteiger partial charge in [0.1, 0.15) is 23.2 Å². The number of anilines is 1. The van der Waals surface area contributed by atoms with Gasteiger partial charge in [0, 0.05) is 25.0 Å². The summed E-state index contributed by atoms with van der Waals surface area (Å²) in [5.41, 5.74) is 0.401. The van der Waals surface area contributed by atoms with Crippen molar-refractivity contribution in [2.75, 3.05) is 11.4 Å². The molecule has 1 aliphatic rings. The second-order valence-corrected chi connectivity index (χ2v) is 8.28. The predicted molar refractivity (Wildman–Crippen MR) is 117 cm³/mol. The zero-order valence-corrected chi connectivity index (χ0v) is 18.1. The number of hydrogen-bond donors (Lipinski definition) is 1. The highest BCUT2D eigenvalue weighted by Gasteiger charge is 2.48. The Morgan fingerprint density at radius 2 is 2.00 bits per heavy atom. The van der Waals surface area contributed by atoms with E-state index < -0.39 is 30.5 Å². The van der Waals surface area contributed by atoms with E-state index in [1.165, 1.54) is 51.3 Å². The standard InChI is InChI=1S/C20H15ClF2N10O/c21-11-2-5-33-15(11)19(34)31(7-13-24-3-1-4-25-13)17(30-33)12-6-20(22,23)8-32(12)18-14-16(27-9-26-14)28-10-29-18/h1-5,9-10,12H,6-8H2,(H,26,27,28,29)/t12-/m0/s1. The lowest BCUT2D eigenvalue weighted by molar-refractivity contribution is 0.0218. The maximum absolute atomic E-state index is 14.8. The topological polar surface area (TPSA) is 123 Å². The molecule has 0 saturated carbocycles. The van der Waals surface area contributed by atoms with E-state index in [1.807, 2.05) is 0 Å². The van der Waals surface area contributed by atoms with E-state index in [4.69, 9.17) is 11.6 Å². The van der Waals surface area contributed by atoms with Crippen molar-refractivity contribution in [2.24, 2.45) is 0 Å². The van der Waals surface area contributed by atoms with Gasteiger partial charge in [-0.3, -0.25) is 9.36 Å². The van der Waals surface area contributed by atoms with Gasteiger partial charge in [0.15, 0.2) is 17.3 Å². The Labute approximate surface area is 194 Å². The summed E-state index contributed by atoms with van der Waals surface area (Å²) in [7, 11) is 0. The molecule has 6 heterocycles. The highest BCUT2D eigenvalue weighted by Crippen LogP contribution is 2.43. The minimum absolute atomic E-state index is 0.0703. The molecule has 0 aliphatic carbocycles. The molecule has 0 radical (unpaired) electrons. The summed E-state index contributed by atoms with van der Waals surface area (Å²) in [6.07, 6.45) is 6.70. The normalized spacial score (nSPS) is 17.7. The molecule has 1 atom stereocenters. The summed E-state index contributed by atoms with van der Waals surface area (Å²) < 4.78 is 32.3. The number of halogens is 3. The third-order valence-corrected chi connectivity index (χ3v) is 6.02. The molecule has 1 aliphatic heterocycles. The van der Waals surface area contributed by atoms with Crippen LogP contribution in [0.4, 0.5) is 14.6 Å². The number of imidazole rings is 1. The van der Waals surface area contributed by atoms with Crippen LogP contribution in [-0.2, 0) is 6.54 Å². The zero-order valence-electron chi connectivity index (χ0n) is 17.3. The number of H-pyrrole nitrogens is 1. The molecule has 172 valence electrons. The second-order valence-electron chi connectivity index (χ2n) is 7.87. The van der Waals surface area contributed by atoms with E-state index in [1.54, 1.807) is 6.07 Å². The highest BCUT2D eigenvalue weighted by molar-refractivity contribution is 6.33. The van der Waals surface area contributed by atoms with Crippen molar-refractivity contribution >= 4 is 34.1 Å². The minimum atomic E-state index is -3.06. The quantitative estimate of drug-likeness (QED) is 0.412. The van der Waals surface area contributed by atoms with Crippen LogP contribution in [-0.4, -0.2) is 56.6 Å². The van der Waals surface area contributed by atoms with Gasteiger partial charge in [-0.15, -0.1) is 0 Å². The summed E-state index contributed by atoms with van der Waals surface area (Å²) in [6, 6.07) is 2.18. The average Bonchev–Trinajstić information content (AvgIpc) is 3.53. The first-order valence-corrected chi connectivity index (χ1v) is 10.6. The Hall–Kier alpha value is -4.00. The fourth-order valence-electron chi connectivity index (χ4n) is 4.27. The third kappa shape index (κ3) is 3.27. The van der Waals surface area contributed by atoms with E-state index in [9.17, 15) is 13.6 Å². The SMILES string of the molecule is O=c1c2c(Cl)ccn2nc([C@@H]2CC(F)(F)CN2c2ncnc3nc[nH]c23)n1Cc1ncccn1. The van der Waals surface area contributed by atoms with Crippen LogP contribution in [0.2, 0.25) is 5.02 Å². The molecule has 0 spiro atoms. The van der Waals surface area contributed by atoms with Crippen molar-refractivity contribution < 1.29 is 8.78 Å². The van der Waals surface area contributed by atoms with Crippen LogP contribution < -0.4 is 10.5 Å². The minimum Gasteiger partial charge on any atom is -0.340 e. The molecule has 0 aromatic carbocycles. The molecule has 0 amide bonds. The number of hydrogen-bond acceptors (Lipinski definition) is 8. The molecule has 14 heteroatoms. The van der Waals surface area contributed by atoms with Gasteiger partial charge < -0.3 is 9.88 Å². The molecule has 0 bridgehead atoms. The van der Waals surface area contributed by atoms with Crippen LogP contribution in [0.15, 0.2) is 48.2 Å². The van der Waals surface area contributed by atoms with Gasteiger partial charge in [0.05, 0.1) is 30.5 Å². The van der Waals surface area contributed by atoms with Gasteiger partial charge in [-0.2, -0.15) is 5.10 Å². The van der Waals surface area contributed by atoms with Crippen molar-refractivity contribution in [3.8, 4) is 0 Å². The van der Waals surface area contributed by atoms with Crippen LogP contribution in [0.25, 0.3) is 16.7 Å². The molecule has 1 fully saturated rings. The monoisotopic (exact) mass is 484 g/mol. The summed E-state index contributed by atoms with van der Waals surface area (Å²) in [6.45, 7) is -0.690. The molecule has 34 heavy (non-hydrogen) atoms. The van der Waals surface area contributed by atoms with Gasteiger partial charge in [-0.1, -0.05) is 11.6 Å². The van der Waals surface area contributed by atoms with Gasteiger partial charge >= 0.3 is 0 Å². The molecule has 1 N–H and O–H groups in total. The number of nitrogens with one attached hydrogen (secondary N) is 1. The molecule has 11 nitrogen and oxygen atoms in total. The van der Waals surface area contributed by atoms with Crippen molar-refractivity contribution in [1.29, 1.82) is 0 Å². The Bertz CT molecular complexity index is 1580. The Balaban J connectivity index is 1.57. The Morgan fingerprint density at radius 3 is 2.82 bits per heavy atom. The molecule has 5 aromatic heterocycles. The molecule has 6 rings (SSSR count). The second kappa shape index (κ2) is 7.52. The van der Waals surface area contributed by atoms with Crippen molar-refractivity contribution in [3.05, 3.63) is 70.4 Å². The van der Waals surface area contributed by atoms with E-state index in [-0.39, 0.29) is 28.7 Å². The van der Waals surface area contributed by atoms with Gasteiger partial charge in [0.2, 0.25) is 0 Å². The first-order chi connectivity index (χ1) is 16.4. The lowest BCUT2D eigenvalue weighted by Gasteiger charge is -2.26. The number of rotatable bonds is 4. The summed E-state index contributed by atoms with van der Waals surface area (Å²) >= 11 is 6.22. The van der Waals surface area contributed by atoms with Crippen LogP contribution in [0.1, 0.15) is 24.1 Å². The third-order valence-electron chi connectivity index (χ3n) is 5.71. The summed E-state index contributed by atoms with van der Waals surface area (Å²) in [5.74, 6) is -2.38. The lowest BCUT2D eigenvalue weighted by Crippen LogP contribution is -2.35. The predicted octanol–water partition coefficient (Wildman–Crippen LogP) is 2.24. The fourth-order valence-corrected chi connectivity index (χ4v) is 4.50. The van der Waals surface area contributed by atoms with Crippen LogP contribution in [0, 0.1) is 0 Å². The molecular weight excluding hydrogens is 470 g/mol. The van der Waals surface area contributed by atoms with Gasteiger partial charge in [0.25, 0.3) is 11.5 Å². The zero-order chi connectivity index (χ0) is 23.4. The van der Waals surface area contributed by atoms with E-state index in [0.29, 0.717) is 17.0 Å². The maximum atomic E-state index is 14.8. The van der Waals surface area contributed by atoms with Gasteiger partial charge in [-0.05, 0) is 12.1 Å². The van der Waals surface area contributed by atoms with Crippen molar-refractivity contribution in [1.82, 2.24) is 44.1 Å². The van der Waals surface area contributed by atoms with Crippen molar-refractivity contribution in [2.45, 2.75) is 24.9 Å². The smallest absolute Gasteiger partial charge is 0.279 e. The Kier molecular flexibility index (Phi) is 4.55.